The third-order valence-electron chi connectivity index (χ3n) is 6.80. The average Bonchev–Trinajstić information content (AvgIpc) is 3.04. The molecule has 32 heavy (non-hydrogen) atoms. The first-order valence-corrected chi connectivity index (χ1v) is 10.9. The molecule has 1 fully saturated rings. The number of rotatable bonds is 2. The van der Waals surface area contributed by atoms with Gasteiger partial charge in [-0.2, -0.15) is 0 Å². The van der Waals surface area contributed by atoms with Crippen LogP contribution in [-0.4, -0.2) is 58.0 Å². The molecular weight excluding hydrogens is 408 g/mol. The molecule has 0 N–H and O–H groups in total. The summed E-state index contributed by atoms with van der Waals surface area (Å²) in [5.41, 5.74) is 1.68. The molecule has 2 aromatic carbocycles. The second-order valence-electron chi connectivity index (χ2n) is 8.91. The fourth-order valence-corrected chi connectivity index (χ4v) is 4.96. The number of Topliss-reactive ketones (excluding diaryl/α,β-unsaturated/α-hetero) is 1. The van der Waals surface area contributed by atoms with Gasteiger partial charge in [-0.3, -0.25) is 24.1 Å². The highest BCUT2D eigenvalue weighted by molar-refractivity contribution is 6.22. The quantitative estimate of drug-likeness (QED) is 0.682. The highest BCUT2D eigenvalue weighted by atomic mass is 16.5. The molecule has 0 radical (unpaired) electrons. The number of amides is 3. The molecule has 3 aliphatic rings. The third-order valence-corrected chi connectivity index (χ3v) is 6.80. The minimum atomic E-state index is -0.894. The van der Waals surface area contributed by atoms with Gasteiger partial charge in [0.25, 0.3) is 11.8 Å². The van der Waals surface area contributed by atoms with Crippen LogP contribution in [0.1, 0.15) is 62.8 Å². The van der Waals surface area contributed by atoms with E-state index in [4.69, 9.17) is 4.74 Å². The summed E-state index contributed by atoms with van der Waals surface area (Å²) in [6, 6.07) is 11.3. The van der Waals surface area contributed by atoms with E-state index in [1.54, 1.807) is 36.1 Å². The van der Waals surface area contributed by atoms with Crippen molar-refractivity contribution in [2.45, 2.75) is 44.8 Å². The van der Waals surface area contributed by atoms with Gasteiger partial charge in [-0.25, -0.2) is 0 Å². The molecule has 0 saturated carbocycles. The van der Waals surface area contributed by atoms with E-state index in [0.717, 1.165) is 10.5 Å². The minimum Gasteiger partial charge on any atom is -0.486 e. The Morgan fingerprint density at radius 1 is 0.969 bits per heavy atom. The second-order valence-corrected chi connectivity index (χ2v) is 8.91. The largest absolute Gasteiger partial charge is 0.486 e. The highest BCUT2D eigenvalue weighted by Gasteiger charge is 2.46. The lowest BCUT2D eigenvalue weighted by molar-refractivity contribution is -0.138. The van der Waals surface area contributed by atoms with Crippen molar-refractivity contribution in [3.8, 4) is 5.75 Å². The number of carbonyl (C=O) groups is 4. The maximum atomic E-state index is 13.2. The highest BCUT2D eigenvalue weighted by Crippen LogP contribution is 2.40. The number of hydrogen-bond donors (Lipinski definition) is 0. The Morgan fingerprint density at radius 2 is 1.59 bits per heavy atom. The molecule has 0 aliphatic carbocycles. The molecule has 3 aliphatic heterocycles. The summed E-state index contributed by atoms with van der Waals surface area (Å²) in [6.07, 6.45) is 1.33. The van der Waals surface area contributed by atoms with Crippen LogP contribution in [0.2, 0.25) is 0 Å². The van der Waals surface area contributed by atoms with Gasteiger partial charge in [0.2, 0.25) is 5.91 Å². The van der Waals surface area contributed by atoms with Gasteiger partial charge < -0.3 is 9.64 Å². The number of hydrogen-bond acceptors (Lipinski definition) is 5. The van der Waals surface area contributed by atoms with E-state index in [1.807, 2.05) is 25.1 Å². The van der Waals surface area contributed by atoms with Crippen LogP contribution in [-0.2, 0) is 4.79 Å². The fraction of sp³-hybridized carbons (Fsp3) is 0.360. The molecule has 5 rings (SSSR count). The predicted octanol–water partition coefficient (Wildman–Crippen LogP) is 3.01. The smallest absolute Gasteiger partial charge is 0.262 e. The van der Waals surface area contributed by atoms with E-state index < -0.39 is 23.5 Å². The van der Waals surface area contributed by atoms with E-state index in [9.17, 15) is 19.2 Å². The minimum absolute atomic E-state index is 0.0640. The number of ketones is 1. The first-order valence-electron chi connectivity index (χ1n) is 10.9. The molecule has 0 aromatic heterocycles. The summed E-state index contributed by atoms with van der Waals surface area (Å²) in [7, 11) is 0. The van der Waals surface area contributed by atoms with Crippen LogP contribution < -0.4 is 4.74 Å². The molecule has 164 valence electrons. The van der Waals surface area contributed by atoms with Crippen LogP contribution in [0, 0.1) is 6.92 Å². The van der Waals surface area contributed by atoms with Crippen molar-refractivity contribution in [1.29, 1.82) is 0 Å². The first kappa shape index (κ1) is 20.4. The van der Waals surface area contributed by atoms with Gasteiger partial charge in [0.1, 0.15) is 17.4 Å². The Labute approximate surface area is 185 Å². The van der Waals surface area contributed by atoms with Crippen molar-refractivity contribution in [2.75, 3.05) is 13.1 Å². The zero-order valence-corrected chi connectivity index (χ0v) is 18.1. The molecule has 1 atom stereocenters. The molecule has 3 heterocycles. The fourth-order valence-electron chi connectivity index (χ4n) is 4.96. The van der Waals surface area contributed by atoms with E-state index >= 15 is 0 Å². The van der Waals surface area contributed by atoms with Crippen molar-refractivity contribution in [3.63, 3.8) is 0 Å². The van der Waals surface area contributed by atoms with Crippen LogP contribution in [0.3, 0.4) is 0 Å². The summed E-state index contributed by atoms with van der Waals surface area (Å²) in [5.74, 6) is -0.478. The average molecular weight is 432 g/mol. The Balaban J connectivity index is 1.28. The number of ether oxygens (including phenoxy) is 1. The Kier molecular flexibility index (Phi) is 4.65. The molecule has 1 unspecified atom stereocenters. The normalized spacial score (nSPS) is 20.1. The maximum absolute atomic E-state index is 13.2. The number of carbonyl (C=O) groups excluding carboxylic acids is 4. The van der Waals surface area contributed by atoms with Crippen molar-refractivity contribution < 1.29 is 23.9 Å². The van der Waals surface area contributed by atoms with Crippen LogP contribution in [0.25, 0.3) is 0 Å². The Morgan fingerprint density at radius 3 is 2.22 bits per heavy atom. The third kappa shape index (κ3) is 3.11. The molecule has 1 saturated heterocycles. The number of fused-ring (bicyclic) bond motifs is 2. The second kappa shape index (κ2) is 7.29. The van der Waals surface area contributed by atoms with Crippen molar-refractivity contribution in [2.24, 2.45) is 0 Å². The van der Waals surface area contributed by atoms with Gasteiger partial charge in [0.05, 0.1) is 23.1 Å². The number of nitrogens with zero attached hydrogens (tertiary/aromatic N) is 2. The van der Waals surface area contributed by atoms with Gasteiger partial charge in [-0.05, 0) is 38.1 Å². The SMILES string of the molecule is Cc1ccc2c(c1)C(=O)CC1(CCN(C(=O)C(C)N3C(=O)c4ccccc4C3=O)CC1)O2. The first-order chi connectivity index (χ1) is 15.3. The van der Waals surface area contributed by atoms with E-state index in [-0.39, 0.29) is 11.7 Å². The standard InChI is InChI=1S/C25H24N2O5/c1-15-7-8-21-19(13-15)20(28)14-25(32-21)9-11-26(12-10-25)22(29)16(2)27-23(30)17-5-3-4-6-18(17)24(27)31/h3-8,13,16H,9-12,14H2,1-2H3. The lowest BCUT2D eigenvalue weighted by Crippen LogP contribution is -2.56. The molecule has 2 aromatic rings. The van der Waals surface area contributed by atoms with Crippen molar-refractivity contribution in [1.82, 2.24) is 9.80 Å². The molecule has 7 heteroatoms. The maximum Gasteiger partial charge on any atom is 0.262 e. The van der Waals surface area contributed by atoms with Crippen molar-refractivity contribution in [3.05, 3.63) is 64.7 Å². The van der Waals surface area contributed by atoms with Gasteiger partial charge in [0.15, 0.2) is 5.78 Å². The molecule has 1 spiro atoms. The number of likely N-dealkylation sites (tertiary alicyclic amines) is 1. The molecule has 7 nitrogen and oxygen atoms in total. The number of aryl methyl sites for hydroxylation is 1. The van der Waals surface area contributed by atoms with Gasteiger partial charge in [-0.15, -0.1) is 0 Å². The lowest BCUT2D eigenvalue weighted by Gasteiger charge is -2.44. The number of piperidine rings is 1. The summed E-state index contributed by atoms with van der Waals surface area (Å²) in [4.78, 5) is 54.1. The van der Waals surface area contributed by atoms with Crippen LogP contribution in [0.5, 0.6) is 5.75 Å². The van der Waals surface area contributed by atoms with Crippen LogP contribution in [0.4, 0.5) is 0 Å². The van der Waals surface area contributed by atoms with Gasteiger partial charge in [-0.1, -0.05) is 23.8 Å². The summed E-state index contributed by atoms with van der Waals surface area (Å²) in [5, 5.41) is 0. The zero-order chi connectivity index (χ0) is 22.6. The van der Waals surface area contributed by atoms with Crippen LogP contribution >= 0.6 is 0 Å². The number of imide groups is 1. The molecule has 3 amide bonds. The van der Waals surface area contributed by atoms with E-state index in [2.05, 4.69) is 0 Å². The molecular formula is C25H24N2O5. The summed E-state index contributed by atoms with van der Waals surface area (Å²) in [6.45, 7) is 4.34. The number of benzene rings is 2. The van der Waals surface area contributed by atoms with Gasteiger partial charge in [0, 0.05) is 25.9 Å². The predicted molar refractivity (Wildman–Crippen MR) is 116 cm³/mol. The van der Waals surface area contributed by atoms with Crippen LogP contribution in [0.15, 0.2) is 42.5 Å². The van der Waals surface area contributed by atoms with Gasteiger partial charge >= 0.3 is 0 Å². The molecule has 0 bridgehead atoms. The lowest BCUT2D eigenvalue weighted by atomic mass is 9.82. The van der Waals surface area contributed by atoms with E-state index in [1.165, 1.54) is 0 Å². The Hall–Kier alpha value is -3.48. The zero-order valence-electron chi connectivity index (χ0n) is 18.1. The summed E-state index contributed by atoms with van der Waals surface area (Å²) < 4.78 is 6.27. The summed E-state index contributed by atoms with van der Waals surface area (Å²) >= 11 is 0. The monoisotopic (exact) mass is 432 g/mol. The van der Waals surface area contributed by atoms with Crippen molar-refractivity contribution >= 4 is 23.5 Å². The topological polar surface area (TPSA) is 84.0 Å². The van der Waals surface area contributed by atoms with E-state index in [0.29, 0.717) is 54.8 Å². The Bertz CT molecular complexity index is 1130.